The zero-order chi connectivity index (χ0) is 14.7. The molecule has 5 heteroatoms. The average Bonchev–Trinajstić information content (AvgIpc) is 2.83. The number of aryl methyl sites for hydroxylation is 1. The maximum Gasteiger partial charge on any atom is 0.172 e. The van der Waals surface area contributed by atoms with E-state index >= 15 is 0 Å². The van der Waals surface area contributed by atoms with E-state index in [2.05, 4.69) is 42.0 Å². The molecule has 0 radical (unpaired) electrons. The lowest BCUT2D eigenvalue weighted by atomic mass is 10.1. The van der Waals surface area contributed by atoms with Crippen LogP contribution in [0.1, 0.15) is 24.0 Å². The number of likely N-dealkylation sites (tertiary alicyclic amines) is 1. The molecule has 110 valence electrons. The van der Waals surface area contributed by atoms with Gasteiger partial charge >= 0.3 is 0 Å². The van der Waals surface area contributed by atoms with Gasteiger partial charge < -0.3 is 20.7 Å². The van der Waals surface area contributed by atoms with Crippen LogP contribution in [0.2, 0.25) is 0 Å². The van der Waals surface area contributed by atoms with E-state index in [0.717, 1.165) is 17.8 Å². The number of oxime groups is 1. The maximum absolute atomic E-state index is 8.93. The minimum atomic E-state index is 0.159. The third-order valence-corrected chi connectivity index (χ3v) is 4.10. The number of likely N-dealkylation sites (N-methyl/N-ethyl adjacent to an activating group) is 2. The van der Waals surface area contributed by atoms with E-state index < -0.39 is 0 Å². The van der Waals surface area contributed by atoms with Crippen molar-refractivity contribution in [2.75, 3.05) is 32.1 Å². The molecule has 1 aliphatic heterocycles. The fourth-order valence-corrected chi connectivity index (χ4v) is 2.85. The Morgan fingerprint density at radius 3 is 2.90 bits per heavy atom. The standard InChI is InChI=1S/C15H24N4O/c1-11-6-7-13(15(16)17-20)14(9-11)19(3)10-12-5-4-8-18(12)2/h6-7,9,12,20H,4-5,8,10H2,1-3H3,(H2,16,17). The first kappa shape index (κ1) is 14.7. The number of benzene rings is 1. The van der Waals surface area contributed by atoms with E-state index in [0.29, 0.717) is 6.04 Å². The summed E-state index contributed by atoms with van der Waals surface area (Å²) in [5.74, 6) is 0.159. The van der Waals surface area contributed by atoms with E-state index in [9.17, 15) is 0 Å². The zero-order valence-electron chi connectivity index (χ0n) is 12.5. The lowest BCUT2D eigenvalue weighted by Gasteiger charge is -2.29. The Bertz CT molecular complexity index is 501. The molecule has 0 aliphatic carbocycles. The molecule has 0 bridgehead atoms. The van der Waals surface area contributed by atoms with Gasteiger partial charge in [-0.05, 0) is 51.1 Å². The average molecular weight is 276 g/mol. The Morgan fingerprint density at radius 1 is 1.55 bits per heavy atom. The minimum absolute atomic E-state index is 0.159. The van der Waals surface area contributed by atoms with Gasteiger partial charge in [0.05, 0.1) is 0 Å². The second-order valence-corrected chi connectivity index (χ2v) is 5.66. The molecule has 1 aromatic carbocycles. The molecule has 1 aromatic rings. The summed E-state index contributed by atoms with van der Waals surface area (Å²) in [6, 6.07) is 6.55. The van der Waals surface area contributed by atoms with Gasteiger partial charge in [0.25, 0.3) is 0 Å². The van der Waals surface area contributed by atoms with Gasteiger partial charge in [-0.1, -0.05) is 11.2 Å². The molecular weight excluding hydrogens is 252 g/mol. The first-order chi connectivity index (χ1) is 9.52. The van der Waals surface area contributed by atoms with Crippen LogP contribution in [0.4, 0.5) is 5.69 Å². The zero-order valence-corrected chi connectivity index (χ0v) is 12.5. The lowest BCUT2D eigenvalue weighted by Crippen LogP contribution is -2.37. The number of rotatable bonds is 4. The van der Waals surface area contributed by atoms with Crippen LogP contribution in [0.25, 0.3) is 0 Å². The molecule has 5 nitrogen and oxygen atoms in total. The highest BCUT2D eigenvalue weighted by Gasteiger charge is 2.23. The number of anilines is 1. The second-order valence-electron chi connectivity index (χ2n) is 5.66. The van der Waals surface area contributed by atoms with E-state index in [1.165, 1.54) is 24.9 Å². The Morgan fingerprint density at radius 2 is 2.30 bits per heavy atom. The first-order valence-corrected chi connectivity index (χ1v) is 7.03. The third kappa shape index (κ3) is 3.04. The monoisotopic (exact) mass is 276 g/mol. The van der Waals surface area contributed by atoms with Crippen LogP contribution in [0.15, 0.2) is 23.4 Å². The largest absolute Gasteiger partial charge is 0.409 e. The minimum Gasteiger partial charge on any atom is -0.409 e. The highest BCUT2D eigenvalue weighted by Crippen LogP contribution is 2.24. The molecule has 0 aromatic heterocycles. The van der Waals surface area contributed by atoms with Gasteiger partial charge in [-0.25, -0.2) is 0 Å². The van der Waals surface area contributed by atoms with Crippen molar-refractivity contribution in [3.05, 3.63) is 29.3 Å². The van der Waals surface area contributed by atoms with Crippen molar-refractivity contribution >= 4 is 11.5 Å². The van der Waals surface area contributed by atoms with Crippen molar-refractivity contribution in [1.29, 1.82) is 0 Å². The summed E-state index contributed by atoms with van der Waals surface area (Å²) in [5.41, 5.74) is 8.74. The molecule has 1 fully saturated rings. The fourth-order valence-electron chi connectivity index (χ4n) is 2.85. The Hall–Kier alpha value is -1.75. The van der Waals surface area contributed by atoms with Gasteiger partial charge in [0.2, 0.25) is 0 Å². The van der Waals surface area contributed by atoms with Crippen molar-refractivity contribution in [2.24, 2.45) is 10.9 Å². The van der Waals surface area contributed by atoms with Gasteiger partial charge in [-0.3, -0.25) is 0 Å². The molecule has 2 rings (SSSR count). The van der Waals surface area contributed by atoms with Crippen molar-refractivity contribution < 1.29 is 5.21 Å². The summed E-state index contributed by atoms with van der Waals surface area (Å²) in [6.07, 6.45) is 2.49. The molecule has 1 aliphatic rings. The molecule has 0 saturated carbocycles. The Kier molecular flexibility index (Phi) is 4.49. The van der Waals surface area contributed by atoms with Gasteiger partial charge in [0.15, 0.2) is 5.84 Å². The number of nitrogens with two attached hydrogens (primary N) is 1. The van der Waals surface area contributed by atoms with Crippen LogP contribution < -0.4 is 10.6 Å². The van der Waals surface area contributed by atoms with Gasteiger partial charge in [0, 0.05) is 30.9 Å². The van der Waals surface area contributed by atoms with E-state index in [1.54, 1.807) is 0 Å². The van der Waals surface area contributed by atoms with E-state index in [-0.39, 0.29) is 5.84 Å². The van der Waals surface area contributed by atoms with Crippen molar-refractivity contribution in [1.82, 2.24) is 4.90 Å². The maximum atomic E-state index is 8.93. The predicted octanol–water partition coefficient (Wildman–Crippen LogP) is 1.62. The molecule has 0 spiro atoms. The van der Waals surface area contributed by atoms with Crippen LogP contribution >= 0.6 is 0 Å². The second kappa shape index (κ2) is 6.13. The molecular formula is C15H24N4O. The highest BCUT2D eigenvalue weighted by molar-refractivity contribution is 6.02. The number of hydrogen-bond acceptors (Lipinski definition) is 4. The lowest BCUT2D eigenvalue weighted by molar-refractivity contribution is 0.314. The summed E-state index contributed by atoms with van der Waals surface area (Å²) in [5, 5.41) is 12.1. The van der Waals surface area contributed by atoms with Crippen LogP contribution in [-0.2, 0) is 0 Å². The Balaban J connectivity index is 2.23. The summed E-state index contributed by atoms with van der Waals surface area (Å²) >= 11 is 0. The molecule has 1 saturated heterocycles. The quantitative estimate of drug-likeness (QED) is 0.379. The van der Waals surface area contributed by atoms with Crippen molar-refractivity contribution in [3.8, 4) is 0 Å². The predicted molar refractivity (Wildman–Crippen MR) is 82.6 cm³/mol. The number of amidine groups is 1. The SMILES string of the molecule is Cc1ccc(C(N)=NO)c(N(C)CC2CCCN2C)c1. The summed E-state index contributed by atoms with van der Waals surface area (Å²) in [4.78, 5) is 4.60. The van der Waals surface area contributed by atoms with E-state index in [1.807, 2.05) is 12.1 Å². The van der Waals surface area contributed by atoms with Gasteiger partial charge in [0.1, 0.15) is 0 Å². The van der Waals surface area contributed by atoms with Crippen LogP contribution in [0.5, 0.6) is 0 Å². The molecule has 3 N–H and O–H groups in total. The van der Waals surface area contributed by atoms with Gasteiger partial charge in [-0.15, -0.1) is 0 Å². The molecule has 1 heterocycles. The van der Waals surface area contributed by atoms with E-state index in [4.69, 9.17) is 10.9 Å². The number of nitrogens with zero attached hydrogens (tertiary/aromatic N) is 3. The van der Waals surface area contributed by atoms with Crippen molar-refractivity contribution in [3.63, 3.8) is 0 Å². The van der Waals surface area contributed by atoms with Crippen LogP contribution in [0, 0.1) is 6.92 Å². The summed E-state index contributed by atoms with van der Waals surface area (Å²) in [6.45, 7) is 4.17. The van der Waals surface area contributed by atoms with Gasteiger partial charge in [-0.2, -0.15) is 0 Å². The van der Waals surface area contributed by atoms with Crippen molar-refractivity contribution in [2.45, 2.75) is 25.8 Å². The topological polar surface area (TPSA) is 65.1 Å². The molecule has 20 heavy (non-hydrogen) atoms. The summed E-state index contributed by atoms with van der Waals surface area (Å²) in [7, 11) is 4.24. The first-order valence-electron chi connectivity index (χ1n) is 7.03. The Labute approximate surface area is 120 Å². The third-order valence-electron chi connectivity index (χ3n) is 4.10. The molecule has 1 unspecified atom stereocenters. The van der Waals surface area contributed by atoms with Crippen LogP contribution in [0.3, 0.4) is 0 Å². The smallest absolute Gasteiger partial charge is 0.172 e. The summed E-state index contributed by atoms with van der Waals surface area (Å²) < 4.78 is 0. The fraction of sp³-hybridized carbons (Fsp3) is 0.533. The molecule has 0 amide bonds. The normalized spacial score (nSPS) is 20.4. The van der Waals surface area contributed by atoms with Crippen LogP contribution in [-0.4, -0.2) is 49.2 Å². The molecule has 1 atom stereocenters. The highest BCUT2D eigenvalue weighted by atomic mass is 16.4. The number of hydrogen-bond donors (Lipinski definition) is 2.